The average molecular weight is 239 g/mol. The van der Waals surface area contributed by atoms with Gasteiger partial charge in [-0.3, -0.25) is 0 Å². The predicted octanol–water partition coefficient (Wildman–Crippen LogP) is 0.585. The van der Waals surface area contributed by atoms with Gasteiger partial charge in [-0.1, -0.05) is 11.6 Å². The minimum absolute atomic E-state index is 0.0564. The highest BCUT2D eigenvalue weighted by molar-refractivity contribution is 7.89. The lowest BCUT2D eigenvalue weighted by molar-refractivity contribution is 0.591. The molecule has 0 amide bonds. The molecule has 1 aromatic carbocycles. The van der Waals surface area contributed by atoms with Crippen LogP contribution in [0.4, 0.5) is 4.39 Å². The summed E-state index contributed by atoms with van der Waals surface area (Å²) in [4.78, 5) is -0.333. The number of hydrogen-bond acceptors (Lipinski definition) is 3. The molecule has 0 bridgehead atoms. The average Bonchev–Trinajstić information content (AvgIpc) is 2.07. The van der Waals surface area contributed by atoms with Gasteiger partial charge in [0.25, 0.3) is 0 Å². The summed E-state index contributed by atoms with van der Waals surface area (Å²) in [6.07, 6.45) is 0. The second kappa shape index (κ2) is 3.82. The summed E-state index contributed by atoms with van der Waals surface area (Å²) < 4.78 is 34.8. The van der Waals surface area contributed by atoms with E-state index in [-0.39, 0.29) is 22.0 Å². The van der Waals surface area contributed by atoms with E-state index in [4.69, 9.17) is 22.5 Å². The molecule has 14 heavy (non-hydrogen) atoms. The summed E-state index contributed by atoms with van der Waals surface area (Å²) in [5.74, 6) is -0.848. The van der Waals surface area contributed by atoms with Crippen LogP contribution in [-0.2, 0) is 16.6 Å². The van der Waals surface area contributed by atoms with Crippen LogP contribution in [-0.4, -0.2) is 8.42 Å². The molecule has 78 valence electrons. The molecule has 0 unspecified atom stereocenters. The maximum absolute atomic E-state index is 13.0. The van der Waals surface area contributed by atoms with Crippen LogP contribution in [0.5, 0.6) is 0 Å². The van der Waals surface area contributed by atoms with Crippen LogP contribution in [0.3, 0.4) is 0 Å². The Kier molecular flexibility index (Phi) is 3.10. The third-order valence-electron chi connectivity index (χ3n) is 1.63. The number of benzene rings is 1. The van der Waals surface area contributed by atoms with Gasteiger partial charge < -0.3 is 5.73 Å². The summed E-state index contributed by atoms with van der Waals surface area (Å²) >= 11 is 5.52. The molecule has 0 heterocycles. The van der Waals surface area contributed by atoms with E-state index in [0.717, 1.165) is 12.1 Å². The molecule has 4 N–H and O–H groups in total. The topological polar surface area (TPSA) is 86.2 Å². The molecule has 0 aliphatic rings. The molecular formula is C7H8ClFN2O2S. The molecule has 0 spiro atoms. The molecule has 0 aliphatic heterocycles. The first-order valence-electron chi connectivity index (χ1n) is 3.57. The summed E-state index contributed by atoms with van der Waals surface area (Å²) in [5.41, 5.74) is 5.45. The smallest absolute Gasteiger partial charge is 0.238 e. The number of hydrogen-bond donors (Lipinski definition) is 2. The fourth-order valence-corrected chi connectivity index (χ4v) is 1.69. The first kappa shape index (κ1) is 11.4. The van der Waals surface area contributed by atoms with Gasteiger partial charge in [-0.15, -0.1) is 0 Å². The molecule has 0 atom stereocenters. The minimum atomic E-state index is -3.93. The summed E-state index contributed by atoms with van der Waals surface area (Å²) in [6.45, 7) is -0.0564. The van der Waals surface area contributed by atoms with Crippen LogP contribution in [0, 0.1) is 5.82 Å². The van der Waals surface area contributed by atoms with Crippen molar-refractivity contribution in [2.45, 2.75) is 11.4 Å². The fraction of sp³-hybridized carbons (Fsp3) is 0.143. The SMILES string of the molecule is NCc1cc(S(N)(=O)=O)cc(F)c1Cl. The molecule has 1 rings (SSSR count). The Morgan fingerprint density at radius 3 is 2.43 bits per heavy atom. The van der Waals surface area contributed by atoms with Crippen LogP contribution in [0.25, 0.3) is 0 Å². The largest absolute Gasteiger partial charge is 0.326 e. The zero-order valence-electron chi connectivity index (χ0n) is 7.00. The van der Waals surface area contributed by atoms with Gasteiger partial charge in [0.1, 0.15) is 5.82 Å². The minimum Gasteiger partial charge on any atom is -0.326 e. The van der Waals surface area contributed by atoms with E-state index in [9.17, 15) is 12.8 Å². The van der Waals surface area contributed by atoms with Crippen molar-refractivity contribution in [3.8, 4) is 0 Å². The monoisotopic (exact) mass is 238 g/mol. The summed E-state index contributed by atoms with van der Waals surface area (Å²) in [7, 11) is -3.93. The van der Waals surface area contributed by atoms with Gasteiger partial charge in [0, 0.05) is 6.54 Å². The number of halogens is 2. The first-order valence-corrected chi connectivity index (χ1v) is 5.49. The summed E-state index contributed by atoms with van der Waals surface area (Å²) in [6, 6.07) is 1.91. The molecule has 0 aromatic heterocycles. The quantitative estimate of drug-likeness (QED) is 0.791. The second-order valence-electron chi connectivity index (χ2n) is 2.63. The lowest BCUT2D eigenvalue weighted by atomic mass is 10.2. The van der Waals surface area contributed by atoms with E-state index >= 15 is 0 Å². The van der Waals surface area contributed by atoms with Gasteiger partial charge in [0.05, 0.1) is 9.92 Å². The fourth-order valence-electron chi connectivity index (χ4n) is 0.931. The Bertz CT molecular complexity index is 461. The Labute approximate surface area is 85.7 Å². The first-order chi connectivity index (χ1) is 6.36. The standard InChI is InChI=1S/C7H8ClFN2O2S/c8-7-4(3-10)1-5(2-6(7)9)14(11,12)13/h1-2H,3,10H2,(H2,11,12,13). The van der Waals surface area contributed by atoms with E-state index < -0.39 is 15.8 Å². The van der Waals surface area contributed by atoms with Crippen molar-refractivity contribution in [1.82, 2.24) is 0 Å². The van der Waals surface area contributed by atoms with Crippen molar-refractivity contribution in [3.05, 3.63) is 28.5 Å². The number of nitrogens with two attached hydrogens (primary N) is 2. The number of sulfonamides is 1. The zero-order chi connectivity index (χ0) is 10.9. The van der Waals surface area contributed by atoms with Crippen LogP contribution in [0.2, 0.25) is 5.02 Å². The highest BCUT2D eigenvalue weighted by atomic mass is 35.5. The Hall–Kier alpha value is -0.690. The Morgan fingerprint density at radius 2 is 2.00 bits per heavy atom. The molecule has 0 radical (unpaired) electrons. The zero-order valence-corrected chi connectivity index (χ0v) is 8.57. The molecular weight excluding hydrogens is 231 g/mol. The maximum atomic E-state index is 13.0. The van der Waals surface area contributed by atoms with Gasteiger partial charge in [0.15, 0.2) is 0 Å². The van der Waals surface area contributed by atoms with Gasteiger partial charge in [0.2, 0.25) is 10.0 Å². The van der Waals surface area contributed by atoms with Gasteiger partial charge in [-0.25, -0.2) is 17.9 Å². The molecule has 7 heteroatoms. The highest BCUT2D eigenvalue weighted by Gasteiger charge is 2.14. The van der Waals surface area contributed by atoms with Crippen molar-refractivity contribution in [3.63, 3.8) is 0 Å². The third-order valence-corrected chi connectivity index (χ3v) is 2.94. The molecule has 4 nitrogen and oxygen atoms in total. The van der Waals surface area contributed by atoms with E-state index in [1.165, 1.54) is 0 Å². The van der Waals surface area contributed by atoms with Crippen molar-refractivity contribution in [2.75, 3.05) is 0 Å². The molecule has 0 fully saturated rings. The Balaban J connectivity index is 3.46. The number of rotatable bonds is 2. The normalized spacial score (nSPS) is 11.7. The van der Waals surface area contributed by atoms with Crippen molar-refractivity contribution < 1.29 is 12.8 Å². The van der Waals surface area contributed by atoms with Crippen molar-refractivity contribution in [1.29, 1.82) is 0 Å². The maximum Gasteiger partial charge on any atom is 0.238 e. The molecule has 0 aliphatic carbocycles. The Morgan fingerprint density at radius 1 is 1.43 bits per heavy atom. The van der Waals surface area contributed by atoms with E-state index in [0.29, 0.717) is 0 Å². The molecule has 0 saturated heterocycles. The van der Waals surface area contributed by atoms with Crippen LogP contribution >= 0.6 is 11.6 Å². The van der Waals surface area contributed by atoms with Gasteiger partial charge >= 0.3 is 0 Å². The van der Waals surface area contributed by atoms with Gasteiger partial charge in [-0.2, -0.15) is 0 Å². The van der Waals surface area contributed by atoms with E-state index in [1.807, 2.05) is 0 Å². The lowest BCUT2D eigenvalue weighted by Crippen LogP contribution is -2.13. The van der Waals surface area contributed by atoms with Crippen molar-refractivity contribution in [2.24, 2.45) is 10.9 Å². The van der Waals surface area contributed by atoms with E-state index in [1.54, 1.807) is 0 Å². The lowest BCUT2D eigenvalue weighted by Gasteiger charge is -2.05. The predicted molar refractivity (Wildman–Crippen MR) is 50.7 cm³/mol. The van der Waals surface area contributed by atoms with Gasteiger partial charge in [-0.05, 0) is 17.7 Å². The van der Waals surface area contributed by atoms with Crippen LogP contribution < -0.4 is 10.9 Å². The molecule has 0 saturated carbocycles. The second-order valence-corrected chi connectivity index (χ2v) is 4.57. The summed E-state index contributed by atoms with van der Waals surface area (Å²) in [5, 5.41) is 4.64. The third kappa shape index (κ3) is 2.21. The van der Waals surface area contributed by atoms with Crippen LogP contribution in [0.1, 0.15) is 5.56 Å². The van der Waals surface area contributed by atoms with E-state index in [2.05, 4.69) is 0 Å². The number of primary sulfonamides is 1. The molecule has 1 aromatic rings. The highest BCUT2D eigenvalue weighted by Crippen LogP contribution is 2.23. The van der Waals surface area contributed by atoms with Crippen LogP contribution in [0.15, 0.2) is 17.0 Å². The van der Waals surface area contributed by atoms with Crippen molar-refractivity contribution >= 4 is 21.6 Å².